The van der Waals surface area contributed by atoms with Crippen molar-refractivity contribution in [2.45, 2.75) is 31.8 Å². The van der Waals surface area contributed by atoms with Crippen molar-refractivity contribution in [3.63, 3.8) is 0 Å². The van der Waals surface area contributed by atoms with E-state index >= 15 is 0 Å². The highest BCUT2D eigenvalue weighted by atomic mass is 32.1. The van der Waals surface area contributed by atoms with Crippen molar-refractivity contribution in [1.29, 1.82) is 5.26 Å². The van der Waals surface area contributed by atoms with Crippen LogP contribution in [0.5, 0.6) is 0 Å². The van der Waals surface area contributed by atoms with Crippen LogP contribution in [-0.4, -0.2) is 30.2 Å². The molecule has 8 heteroatoms. The van der Waals surface area contributed by atoms with Crippen LogP contribution in [0.25, 0.3) is 11.6 Å². The third-order valence-corrected chi connectivity index (χ3v) is 5.05. The highest BCUT2D eigenvalue weighted by molar-refractivity contribution is 7.07. The first-order valence-corrected chi connectivity index (χ1v) is 9.14. The van der Waals surface area contributed by atoms with Gasteiger partial charge in [0.1, 0.15) is 16.5 Å². The summed E-state index contributed by atoms with van der Waals surface area (Å²) < 4.78 is 12.6. The third kappa shape index (κ3) is 4.12. The predicted molar refractivity (Wildman–Crippen MR) is 96.8 cm³/mol. The van der Waals surface area contributed by atoms with Crippen LogP contribution >= 0.6 is 11.3 Å². The van der Waals surface area contributed by atoms with E-state index in [-0.39, 0.29) is 17.2 Å². The van der Waals surface area contributed by atoms with E-state index in [1.54, 1.807) is 25.3 Å². The number of rotatable bonds is 7. The molecule has 0 spiro atoms. The van der Waals surface area contributed by atoms with Crippen LogP contribution in [0.3, 0.4) is 0 Å². The first-order valence-electron chi connectivity index (χ1n) is 8.33. The lowest BCUT2D eigenvalue weighted by atomic mass is 10.3. The Hall–Kier alpha value is -2.63. The number of methoxy groups -OCH3 is 1. The largest absolute Gasteiger partial charge is 0.465 e. The van der Waals surface area contributed by atoms with Crippen LogP contribution < -0.4 is 20.1 Å². The number of nitrogens with zero attached hydrogens (tertiary/aromatic N) is 2. The standard InChI is InChI=1S/C18H19N3O4S/c1-24-8-3-7-21-17(23)15(10-13-4-2-9-25-13)26-18(21)14(11-19)16(22)20-12-5-6-12/h2,4,9-10,12H,3,5-8H2,1H3,(H,20,22)/b15-10-,18-14+. The molecule has 0 aromatic carbocycles. The van der Waals surface area contributed by atoms with E-state index in [4.69, 9.17) is 9.15 Å². The number of hydrogen-bond acceptors (Lipinski definition) is 6. The first-order chi connectivity index (χ1) is 12.6. The summed E-state index contributed by atoms with van der Waals surface area (Å²) in [5.74, 6) is 0.112. The van der Waals surface area contributed by atoms with E-state index in [2.05, 4.69) is 5.32 Å². The molecule has 3 rings (SSSR count). The second kappa shape index (κ2) is 8.17. The van der Waals surface area contributed by atoms with Gasteiger partial charge in [0.25, 0.3) is 11.5 Å². The second-order valence-corrected chi connectivity index (χ2v) is 7.00. The maximum absolute atomic E-state index is 12.8. The van der Waals surface area contributed by atoms with E-state index < -0.39 is 5.91 Å². The van der Waals surface area contributed by atoms with Crippen molar-refractivity contribution >= 4 is 28.9 Å². The van der Waals surface area contributed by atoms with Gasteiger partial charge in [-0.15, -0.1) is 11.3 Å². The molecular weight excluding hydrogens is 354 g/mol. The summed E-state index contributed by atoms with van der Waals surface area (Å²) in [4.78, 5) is 25.2. The minimum atomic E-state index is -0.429. The van der Waals surface area contributed by atoms with Crippen LogP contribution in [0.1, 0.15) is 25.0 Å². The van der Waals surface area contributed by atoms with Crippen molar-refractivity contribution in [3.05, 3.63) is 43.7 Å². The zero-order chi connectivity index (χ0) is 18.5. The van der Waals surface area contributed by atoms with Gasteiger partial charge in [-0.25, -0.2) is 0 Å². The summed E-state index contributed by atoms with van der Waals surface area (Å²) >= 11 is 1.12. The molecule has 2 aromatic heterocycles. The molecule has 1 saturated carbocycles. The molecule has 1 N–H and O–H groups in total. The average molecular weight is 373 g/mol. The number of thiazole rings is 1. The Balaban J connectivity index is 2.12. The van der Waals surface area contributed by atoms with Gasteiger partial charge in [0, 0.05) is 32.4 Å². The fourth-order valence-electron chi connectivity index (χ4n) is 2.46. The maximum Gasteiger partial charge on any atom is 0.269 e. The van der Waals surface area contributed by atoms with E-state index in [1.165, 1.54) is 10.8 Å². The molecule has 0 aliphatic heterocycles. The summed E-state index contributed by atoms with van der Waals surface area (Å²) in [7, 11) is 1.59. The number of furan rings is 1. The molecule has 26 heavy (non-hydrogen) atoms. The van der Waals surface area contributed by atoms with Crippen molar-refractivity contribution in [1.82, 2.24) is 9.88 Å². The minimum Gasteiger partial charge on any atom is -0.465 e. The number of ether oxygens (including phenoxy) is 1. The summed E-state index contributed by atoms with van der Waals surface area (Å²) in [5, 5.41) is 12.3. The number of nitriles is 1. The van der Waals surface area contributed by atoms with E-state index in [9.17, 15) is 14.9 Å². The molecule has 0 unspecified atom stereocenters. The van der Waals surface area contributed by atoms with Crippen LogP contribution in [0.2, 0.25) is 0 Å². The van der Waals surface area contributed by atoms with Gasteiger partial charge in [-0.2, -0.15) is 5.26 Å². The van der Waals surface area contributed by atoms with Gasteiger partial charge in [0.15, 0.2) is 5.57 Å². The minimum absolute atomic E-state index is 0.0319. The summed E-state index contributed by atoms with van der Waals surface area (Å²) in [6.45, 7) is 0.849. The molecule has 2 aromatic rings. The van der Waals surface area contributed by atoms with Crippen LogP contribution in [0.4, 0.5) is 0 Å². The van der Waals surface area contributed by atoms with Crippen molar-refractivity contribution in [2.24, 2.45) is 0 Å². The molecule has 1 fully saturated rings. The summed E-state index contributed by atoms with van der Waals surface area (Å²) in [5.41, 5.74) is -0.278. The summed E-state index contributed by atoms with van der Waals surface area (Å²) in [6, 6.07) is 5.57. The first kappa shape index (κ1) is 18.2. The molecule has 1 amide bonds. The van der Waals surface area contributed by atoms with Crippen molar-refractivity contribution in [3.8, 4) is 6.07 Å². The molecule has 136 valence electrons. The molecule has 1 aliphatic carbocycles. The molecule has 0 bridgehead atoms. The van der Waals surface area contributed by atoms with Crippen molar-refractivity contribution in [2.75, 3.05) is 13.7 Å². The predicted octanol–water partition coefficient (Wildman–Crippen LogP) is 0.321. The zero-order valence-electron chi connectivity index (χ0n) is 14.4. The highest BCUT2D eigenvalue weighted by Crippen LogP contribution is 2.19. The number of hydrogen-bond donors (Lipinski definition) is 1. The van der Waals surface area contributed by atoms with Gasteiger partial charge in [-0.3, -0.25) is 14.2 Å². The highest BCUT2D eigenvalue weighted by Gasteiger charge is 2.26. The number of carbonyl (C=O) groups is 1. The van der Waals surface area contributed by atoms with E-state index in [0.717, 1.165) is 24.2 Å². The van der Waals surface area contributed by atoms with Gasteiger partial charge < -0.3 is 14.5 Å². The van der Waals surface area contributed by atoms with Crippen LogP contribution in [-0.2, 0) is 16.1 Å². The molecular formula is C18H19N3O4S. The zero-order valence-corrected chi connectivity index (χ0v) is 15.2. The lowest BCUT2D eigenvalue weighted by molar-refractivity contribution is -0.115. The molecule has 0 radical (unpaired) electrons. The van der Waals surface area contributed by atoms with E-state index in [1.807, 2.05) is 6.07 Å². The molecule has 1 aliphatic rings. The van der Waals surface area contributed by atoms with Crippen molar-refractivity contribution < 1.29 is 13.9 Å². The van der Waals surface area contributed by atoms with Crippen LogP contribution in [0, 0.1) is 11.3 Å². The number of aromatic nitrogens is 1. The number of carbonyl (C=O) groups excluding carboxylic acids is 1. The van der Waals surface area contributed by atoms with Gasteiger partial charge in [0.05, 0.1) is 10.8 Å². The number of amides is 1. The van der Waals surface area contributed by atoms with Gasteiger partial charge in [-0.1, -0.05) is 0 Å². The molecule has 0 atom stereocenters. The lowest BCUT2D eigenvalue weighted by Crippen LogP contribution is -2.35. The van der Waals surface area contributed by atoms with Crippen LogP contribution in [0.15, 0.2) is 27.6 Å². The monoisotopic (exact) mass is 373 g/mol. The fraction of sp³-hybridized carbons (Fsp3) is 0.389. The molecule has 0 saturated heterocycles. The third-order valence-electron chi connectivity index (χ3n) is 3.92. The SMILES string of the molecule is COCCCn1c(=O)/c(=C/c2ccco2)s/c1=C(\C#N)C(=O)NC1CC1. The Labute approximate surface area is 153 Å². The Morgan fingerprint density at radius 3 is 3.00 bits per heavy atom. The van der Waals surface area contributed by atoms with E-state index in [0.29, 0.717) is 34.5 Å². The molecule has 2 heterocycles. The Morgan fingerprint density at radius 1 is 1.58 bits per heavy atom. The quantitative estimate of drug-likeness (QED) is 0.705. The van der Waals surface area contributed by atoms with Gasteiger partial charge in [-0.05, 0) is 31.4 Å². The second-order valence-electron chi connectivity index (χ2n) is 5.97. The Kier molecular flexibility index (Phi) is 5.71. The van der Waals surface area contributed by atoms with Gasteiger partial charge in [0.2, 0.25) is 0 Å². The molecule has 7 nitrogen and oxygen atoms in total. The topological polar surface area (TPSA) is 97.3 Å². The maximum atomic E-state index is 12.8. The summed E-state index contributed by atoms with van der Waals surface area (Å²) in [6.07, 6.45) is 5.59. The van der Waals surface area contributed by atoms with Gasteiger partial charge >= 0.3 is 0 Å². The number of nitrogens with one attached hydrogen (secondary N) is 1. The smallest absolute Gasteiger partial charge is 0.269 e. The average Bonchev–Trinajstić information content (AvgIpc) is 3.19. The Morgan fingerprint density at radius 2 is 2.38 bits per heavy atom. The lowest BCUT2D eigenvalue weighted by Gasteiger charge is -2.04. The fourth-order valence-corrected chi connectivity index (χ4v) is 3.56. The normalized spacial score (nSPS) is 15.6. The Bertz CT molecular complexity index is 991.